The minimum atomic E-state index is -0.338. The first-order valence-corrected chi connectivity index (χ1v) is 7.42. The second-order valence-corrected chi connectivity index (χ2v) is 6.61. The summed E-state index contributed by atoms with van der Waals surface area (Å²) < 4.78 is 1.64. The number of amides is 1. The molecule has 0 unspecified atom stereocenters. The number of fused-ring (bicyclic) bond motifs is 1. The summed E-state index contributed by atoms with van der Waals surface area (Å²) in [5, 5.41) is 8.15. The van der Waals surface area contributed by atoms with Crippen LogP contribution in [-0.2, 0) is 11.8 Å². The maximum Gasteiger partial charge on any atom is 0.228 e. The first-order valence-electron chi connectivity index (χ1n) is 7.42. The van der Waals surface area contributed by atoms with Crippen molar-refractivity contribution in [1.82, 2.24) is 29.9 Å². The van der Waals surface area contributed by atoms with Crippen molar-refractivity contribution in [1.29, 1.82) is 0 Å². The fourth-order valence-electron chi connectivity index (χ4n) is 2.67. The van der Waals surface area contributed by atoms with Crippen LogP contribution in [0.2, 0.25) is 0 Å². The van der Waals surface area contributed by atoms with E-state index >= 15 is 0 Å². The molecule has 3 heterocycles. The fourth-order valence-corrected chi connectivity index (χ4v) is 2.67. The number of anilines is 1. The van der Waals surface area contributed by atoms with Gasteiger partial charge in [-0.25, -0.2) is 14.6 Å². The molecule has 0 radical (unpaired) electrons. The Morgan fingerprint density at radius 1 is 1.14 bits per heavy atom. The Hall–Kier alpha value is -2.25. The molecule has 8 nitrogen and oxygen atoms in total. The fraction of sp³-hybridized carbons (Fsp3) is 0.643. The van der Waals surface area contributed by atoms with Gasteiger partial charge in [-0.3, -0.25) is 4.79 Å². The smallest absolute Gasteiger partial charge is 0.228 e. The summed E-state index contributed by atoms with van der Waals surface area (Å²) in [7, 11) is 1.81. The number of rotatable bonds is 1. The third-order valence-electron chi connectivity index (χ3n) is 3.88. The molecule has 1 fully saturated rings. The molecule has 1 aliphatic rings. The molecule has 1 saturated heterocycles. The molecule has 0 bridgehead atoms. The van der Waals surface area contributed by atoms with Gasteiger partial charge < -0.3 is 9.80 Å². The summed E-state index contributed by atoms with van der Waals surface area (Å²) in [5.41, 5.74) is 1.09. The number of nitrogens with zero attached hydrogens (tertiary/aromatic N) is 7. The standard InChI is InChI=1S/C14H21N7O/c1-14(2,3)13(22)21-7-5-20(6-8-21)12-10-11(15-9-16-12)19(4)18-17-10/h9H,5-8H2,1-4H3. The maximum absolute atomic E-state index is 12.3. The summed E-state index contributed by atoms with van der Waals surface area (Å²) in [6.07, 6.45) is 1.54. The molecule has 22 heavy (non-hydrogen) atoms. The van der Waals surface area contributed by atoms with Crippen molar-refractivity contribution in [3.8, 4) is 0 Å². The molecule has 0 atom stereocenters. The van der Waals surface area contributed by atoms with Crippen LogP contribution in [0.5, 0.6) is 0 Å². The van der Waals surface area contributed by atoms with Crippen LogP contribution < -0.4 is 4.90 Å². The zero-order valence-electron chi connectivity index (χ0n) is 13.4. The number of hydrogen-bond acceptors (Lipinski definition) is 6. The van der Waals surface area contributed by atoms with E-state index in [-0.39, 0.29) is 11.3 Å². The first kappa shape index (κ1) is 14.7. The van der Waals surface area contributed by atoms with Gasteiger partial charge in [-0.05, 0) is 0 Å². The lowest BCUT2D eigenvalue weighted by atomic mass is 9.94. The Balaban J connectivity index is 1.77. The quantitative estimate of drug-likeness (QED) is 0.761. The third kappa shape index (κ3) is 2.49. The van der Waals surface area contributed by atoms with Gasteiger partial charge in [0.05, 0.1) is 0 Å². The van der Waals surface area contributed by atoms with Crippen LogP contribution in [0, 0.1) is 5.41 Å². The van der Waals surface area contributed by atoms with Gasteiger partial charge >= 0.3 is 0 Å². The summed E-state index contributed by atoms with van der Waals surface area (Å²) >= 11 is 0. The molecule has 0 spiro atoms. The topological polar surface area (TPSA) is 80.0 Å². The average Bonchev–Trinajstić information content (AvgIpc) is 2.87. The molecule has 0 aliphatic carbocycles. The molecular weight excluding hydrogens is 282 g/mol. The van der Waals surface area contributed by atoms with E-state index in [2.05, 4.69) is 25.2 Å². The molecular formula is C14H21N7O. The van der Waals surface area contributed by atoms with Crippen LogP contribution in [0.4, 0.5) is 5.82 Å². The van der Waals surface area contributed by atoms with Gasteiger partial charge in [-0.1, -0.05) is 26.0 Å². The number of carbonyl (C=O) groups is 1. The van der Waals surface area contributed by atoms with Crippen LogP contribution in [0.15, 0.2) is 6.33 Å². The number of aromatic nitrogens is 5. The molecule has 2 aromatic heterocycles. The van der Waals surface area contributed by atoms with Crippen molar-refractivity contribution >= 4 is 22.9 Å². The van der Waals surface area contributed by atoms with Gasteiger partial charge in [0.1, 0.15) is 6.33 Å². The zero-order valence-corrected chi connectivity index (χ0v) is 13.4. The van der Waals surface area contributed by atoms with E-state index in [4.69, 9.17) is 0 Å². The Kier molecular flexibility index (Phi) is 3.46. The molecule has 2 aromatic rings. The lowest BCUT2D eigenvalue weighted by Crippen LogP contribution is -2.51. The van der Waals surface area contributed by atoms with E-state index in [1.807, 2.05) is 32.7 Å². The van der Waals surface area contributed by atoms with Crippen LogP contribution in [0.3, 0.4) is 0 Å². The lowest BCUT2D eigenvalue weighted by Gasteiger charge is -2.38. The van der Waals surface area contributed by atoms with Crippen LogP contribution in [-0.4, -0.2) is 61.9 Å². The highest BCUT2D eigenvalue weighted by molar-refractivity contribution is 5.83. The van der Waals surface area contributed by atoms with Gasteiger partial charge in [0.25, 0.3) is 0 Å². The summed E-state index contributed by atoms with van der Waals surface area (Å²) in [6.45, 7) is 8.73. The van der Waals surface area contributed by atoms with E-state index in [1.165, 1.54) is 6.33 Å². The Morgan fingerprint density at radius 3 is 2.45 bits per heavy atom. The zero-order chi connectivity index (χ0) is 15.9. The summed E-state index contributed by atoms with van der Waals surface area (Å²) in [6, 6.07) is 0. The predicted octanol–water partition coefficient (Wildman–Crippen LogP) is 0.453. The van der Waals surface area contributed by atoms with Gasteiger partial charge in [-0.2, -0.15) is 0 Å². The van der Waals surface area contributed by atoms with Crippen molar-refractivity contribution in [2.75, 3.05) is 31.1 Å². The minimum Gasteiger partial charge on any atom is -0.351 e. The number of piperazine rings is 1. The van der Waals surface area contributed by atoms with Gasteiger partial charge in [0.15, 0.2) is 17.0 Å². The van der Waals surface area contributed by atoms with E-state index in [9.17, 15) is 4.79 Å². The molecule has 0 N–H and O–H groups in total. The van der Waals surface area contributed by atoms with Crippen molar-refractivity contribution < 1.29 is 4.79 Å². The van der Waals surface area contributed by atoms with Gasteiger partial charge in [0, 0.05) is 38.6 Å². The van der Waals surface area contributed by atoms with Gasteiger partial charge in [-0.15, -0.1) is 5.10 Å². The number of hydrogen-bond donors (Lipinski definition) is 0. The average molecular weight is 303 g/mol. The highest BCUT2D eigenvalue weighted by Gasteiger charge is 2.30. The lowest BCUT2D eigenvalue weighted by molar-refractivity contribution is -0.139. The van der Waals surface area contributed by atoms with Crippen molar-refractivity contribution in [2.45, 2.75) is 20.8 Å². The summed E-state index contributed by atoms with van der Waals surface area (Å²) in [4.78, 5) is 25.0. The van der Waals surface area contributed by atoms with Crippen LogP contribution in [0.1, 0.15) is 20.8 Å². The molecule has 8 heteroatoms. The van der Waals surface area contributed by atoms with Crippen LogP contribution in [0.25, 0.3) is 11.2 Å². The molecule has 0 saturated carbocycles. The second-order valence-electron chi connectivity index (χ2n) is 6.61. The SMILES string of the molecule is Cn1nnc2c(N3CCN(C(=O)C(C)(C)C)CC3)ncnc21. The van der Waals surface area contributed by atoms with Crippen molar-refractivity contribution in [2.24, 2.45) is 12.5 Å². The normalized spacial score (nSPS) is 16.4. The van der Waals surface area contributed by atoms with Crippen LogP contribution >= 0.6 is 0 Å². The largest absolute Gasteiger partial charge is 0.351 e. The summed E-state index contributed by atoms with van der Waals surface area (Å²) in [5.74, 6) is 0.987. The highest BCUT2D eigenvalue weighted by Crippen LogP contribution is 2.23. The monoisotopic (exact) mass is 303 g/mol. The molecule has 118 valence electrons. The van der Waals surface area contributed by atoms with E-state index in [0.717, 1.165) is 24.6 Å². The Morgan fingerprint density at radius 2 is 1.82 bits per heavy atom. The Bertz CT molecular complexity index is 695. The molecule has 3 rings (SSSR count). The maximum atomic E-state index is 12.3. The Labute approximate surface area is 129 Å². The second kappa shape index (κ2) is 5.19. The minimum absolute atomic E-state index is 0.194. The molecule has 0 aromatic carbocycles. The molecule has 1 aliphatic heterocycles. The van der Waals surface area contributed by atoms with Crippen molar-refractivity contribution in [3.05, 3.63) is 6.33 Å². The van der Waals surface area contributed by atoms with E-state index in [1.54, 1.807) is 4.68 Å². The predicted molar refractivity (Wildman–Crippen MR) is 82.3 cm³/mol. The van der Waals surface area contributed by atoms with Crippen molar-refractivity contribution in [3.63, 3.8) is 0 Å². The number of aryl methyl sites for hydroxylation is 1. The first-order chi connectivity index (χ1) is 10.4. The van der Waals surface area contributed by atoms with E-state index < -0.39 is 0 Å². The highest BCUT2D eigenvalue weighted by atomic mass is 16.2. The molecule has 1 amide bonds. The van der Waals surface area contributed by atoms with Gasteiger partial charge in [0.2, 0.25) is 5.91 Å². The number of carbonyl (C=O) groups excluding carboxylic acids is 1. The van der Waals surface area contributed by atoms with E-state index in [0.29, 0.717) is 18.6 Å². The third-order valence-corrected chi connectivity index (χ3v) is 3.88.